The van der Waals surface area contributed by atoms with Gasteiger partial charge in [-0.3, -0.25) is 4.79 Å². The maximum atomic E-state index is 12.3. The van der Waals surface area contributed by atoms with Crippen molar-refractivity contribution in [3.8, 4) is 5.75 Å². The summed E-state index contributed by atoms with van der Waals surface area (Å²) >= 11 is 6.01. The summed E-state index contributed by atoms with van der Waals surface area (Å²) in [5.41, 5.74) is -0.787. The smallest absolute Gasteiger partial charge is 0.260 e. The van der Waals surface area contributed by atoms with Crippen molar-refractivity contribution in [1.82, 2.24) is 9.80 Å². The fourth-order valence-electron chi connectivity index (χ4n) is 3.35. The van der Waals surface area contributed by atoms with Gasteiger partial charge in [0, 0.05) is 13.1 Å². The second-order valence-electron chi connectivity index (χ2n) is 6.49. The molecule has 0 bridgehead atoms. The highest BCUT2D eigenvalue weighted by Gasteiger charge is 2.39. The van der Waals surface area contributed by atoms with Gasteiger partial charge in [-0.25, -0.2) is 0 Å². The predicted octanol–water partition coefficient (Wildman–Crippen LogP) is 1.78. The predicted molar refractivity (Wildman–Crippen MR) is 88.8 cm³/mol. The van der Waals surface area contributed by atoms with Crippen LogP contribution in [0.1, 0.15) is 19.3 Å². The number of hydrogen-bond acceptors (Lipinski definition) is 4. The Labute approximate surface area is 141 Å². The van der Waals surface area contributed by atoms with Gasteiger partial charge in [0.25, 0.3) is 5.91 Å². The first-order valence-corrected chi connectivity index (χ1v) is 8.53. The molecule has 2 saturated heterocycles. The quantitative estimate of drug-likeness (QED) is 0.889. The second kappa shape index (κ2) is 7.07. The number of para-hydroxylation sites is 1. The molecule has 0 aliphatic carbocycles. The summed E-state index contributed by atoms with van der Waals surface area (Å²) in [5.74, 6) is 0.399. The summed E-state index contributed by atoms with van der Waals surface area (Å²) in [6.45, 7) is 3.66. The lowest BCUT2D eigenvalue weighted by molar-refractivity contribution is -0.133. The molecule has 2 fully saturated rings. The number of amides is 1. The van der Waals surface area contributed by atoms with Gasteiger partial charge in [-0.2, -0.15) is 0 Å². The Bertz CT molecular complexity index is 563. The monoisotopic (exact) mass is 338 g/mol. The number of β-amino-alcohol motifs (C(OH)–C–C–N with tert-alkyl or cyclic N) is 1. The summed E-state index contributed by atoms with van der Waals surface area (Å²) in [6, 6.07) is 7.10. The lowest BCUT2D eigenvalue weighted by Crippen LogP contribution is -2.45. The zero-order valence-corrected chi connectivity index (χ0v) is 14.0. The van der Waals surface area contributed by atoms with Crippen LogP contribution in [-0.4, -0.2) is 65.7 Å². The zero-order chi connectivity index (χ0) is 16.3. The molecule has 126 valence electrons. The average Bonchev–Trinajstić information content (AvgIpc) is 3.16. The van der Waals surface area contributed by atoms with E-state index in [1.54, 1.807) is 17.0 Å². The molecule has 0 saturated carbocycles. The number of benzene rings is 1. The van der Waals surface area contributed by atoms with Crippen molar-refractivity contribution in [2.45, 2.75) is 24.9 Å². The van der Waals surface area contributed by atoms with Crippen molar-refractivity contribution in [2.75, 3.05) is 39.3 Å². The third-order valence-corrected chi connectivity index (χ3v) is 4.90. The molecule has 0 radical (unpaired) electrons. The fourth-order valence-corrected chi connectivity index (χ4v) is 3.54. The molecule has 1 atom stereocenters. The molecule has 0 spiro atoms. The Kier molecular flexibility index (Phi) is 5.09. The van der Waals surface area contributed by atoms with E-state index in [0.29, 0.717) is 36.8 Å². The maximum Gasteiger partial charge on any atom is 0.260 e. The van der Waals surface area contributed by atoms with E-state index in [1.807, 2.05) is 12.1 Å². The number of rotatable bonds is 5. The van der Waals surface area contributed by atoms with Gasteiger partial charge in [0.1, 0.15) is 5.75 Å². The van der Waals surface area contributed by atoms with Gasteiger partial charge in [-0.05, 0) is 44.5 Å². The summed E-state index contributed by atoms with van der Waals surface area (Å²) in [7, 11) is 0. The van der Waals surface area contributed by atoms with Gasteiger partial charge < -0.3 is 19.6 Å². The molecule has 2 heterocycles. The Morgan fingerprint density at radius 2 is 2.00 bits per heavy atom. The van der Waals surface area contributed by atoms with Crippen LogP contribution in [0.4, 0.5) is 0 Å². The van der Waals surface area contributed by atoms with Crippen LogP contribution in [0, 0.1) is 0 Å². The standard InChI is InChI=1S/C17H23ClN2O3/c18-14-5-1-2-6-15(14)23-11-16(21)20-10-7-17(22,13-20)12-19-8-3-4-9-19/h1-2,5-6,22H,3-4,7-13H2/t17-/m1/s1. The van der Waals surface area contributed by atoms with Crippen molar-refractivity contribution in [3.63, 3.8) is 0 Å². The molecule has 0 aromatic heterocycles. The average molecular weight is 339 g/mol. The van der Waals surface area contributed by atoms with Crippen LogP contribution in [0.25, 0.3) is 0 Å². The summed E-state index contributed by atoms with van der Waals surface area (Å²) < 4.78 is 5.50. The van der Waals surface area contributed by atoms with E-state index < -0.39 is 5.60 Å². The highest BCUT2D eigenvalue weighted by Crippen LogP contribution is 2.26. The molecule has 1 aromatic rings. The van der Waals surface area contributed by atoms with Gasteiger partial charge in [0.2, 0.25) is 0 Å². The minimum Gasteiger partial charge on any atom is -0.482 e. The molecule has 6 heteroatoms. The van der Waals surface area contributed by atoms with E-state index in [9.17, 15) is 9.90 Å². The van der Waals surface area contributed by atoms with Crippen molar-refractivity contribution >= 4 is 17.5 Å². The van der Waals surface area contributed by atoms with Crippen LogP contribution in [0.3, 0.4) is 0 Å². The maximum absolute atomic E-state index is 12.3. The Balaban J connectivity index is 1.50. The van der Waals surface area contributed by atoms with Crippen LogP contribution < -0.4 is 4.74 Å². The molecule has 1 amide bonds. The number of hydrogen-bond donors (Lipinski definition) is 1. The van der Waals surface area contributed by atoms with Crippen LogP contribution in [0.2, 0.25) is 5.02 Å². The molecule has 2 aliphatic rings. The van der Waals surface area contributed by atoms with Gasteiger partial charge in [0.15, 0.2) is 6.61 Å². The molecular formula is C17H23ClN2O3. The normalized spacial score (nSPS) is 25.0. The lowest BCUT2D eigenvalue weighted by atomic mass is 10.0. The number of ether oxygens (including phenoxy) is 1. The van der Waals surface area contributed by atoms with E-state index >= 15 is 0 Å². The van der Waals surface area contributed by atoms with Crippen molar-refractivity contribution in [3.05, 3.63) is 29.3 Å². The summed E-state index contributed by atoms with van der Waals surface area (Å²) in [6.07, 6.45) is 3.02. The summed E-state index contributed by atoms with van der Waals surface area (Å²) in [5, 5.41) is 11.2. The van der Waals surface area contributed by atoms with Crippen molar-refractivity contribution in [2.24, 2.45) is 0 Å². The molecule has 2 aliphatic heterocycles. The van der Waals surface area contributed by atoms with Gasteiger partial charge in [0.05, 0.1) is 17.2 Å². The number of carbonyl (C=O) groups excluding carboxylic acids is 1. The SMILES string of the molecule is O=C(COc1ccccc1Cl)N1CC[C@@](O)(CN2CCCC2)C1. The Morgan fingerprint density at radius 1 is 1.26 bits per heavy atom. The van der Waals surface area contributed by atoms with Crippen LogP contribution in [-0.2, 0) is 4.79 Å². The van der Waals surface area contributed by atoms with Crippen LogP contribution >= 0.6 is 11.6 Å². The molecular weight excluding hydrogens is 316 g/mol. The molecule has 1 aromatic carbocycles. The molecule has 0 unspecified atom stereocenters. The number of carbonyl (C=O) groups is 1. The molecule has 3 rings (SSSR count). The van der Waals surface area contributed by atoms with E-state index in [2.05, 4.69) is 4.90 Å². The Morgan fingerprint density at radius 3 is 2.74 bits per heavy atom. The minimum atomic E-state index is -0.787. The summed E-state index contributed by atoms with van der Waals surface area (Å²) in [4.78, 5) is 16.3. The van der Waals surface area contributed by atoms with Gasteiger partial charge in [-0.15, -0.1) is 0 Å². The zero-order valence-electron chi connectivity index (χ0n) is 13.2. The number of likely N-dealkylation sites (tertiary alicyclic amines) is 2. The molecule has 5 nitrogen and oxygen atoms in total. The molecule has 23 heavy (non-hydrogen) atoms. The third kappa shape index (κ3) is 4.16. The highest BCUT2D eigenvalue weighted by atomic mass is 35.5. The largest absolute Gasteiger partial charge is 0.482 e. The van der Waals surface area contributed by atoms with Gasteiger partial charge in [-0.1, -0.05) is 23.7 Å². The topological polar surface area (TPSA) is 53.0 Å². The Hall–Kier alpha value is -1.30. The van der Waals surface area contributed by atoms with E-state index in [4.69, 9.17) is 16.3 Å². The number of halogens is 1. The minimum absolute atomic E-state index is 0.0521. The highest BCUT2D eigenvalue weighted by molar-refractivity contribution is 6.32. The first-order valence-electron chi connectivity index (χ1n) is 8.16. The van der Waals surface area contributed by atoms with Crippen LogP contribution in [0.15, 0.2) is 24.3 Å². The number of aliphatic hydroxyl groups is 1. The lowest BCUT2D eigenvalue weighted by Gasteiger charge is -2.28. The third-order valence-electron chi connectivity index (χ3n) is 4.59. The van der Waals surface area contributed by atoms with E-state index in [-0.39, 0.29) is 12.5 Å². The fraction of sp³-hybridized carbons (Fsp3) is 0.588. The second-order valence-corrected chi connectivity index (χ2v) is 6.90. The number of nitrogens with zero attached hydrogens (tertiary/aromatic N) is 2. The van der Waals surface area contributed by atoms with Gasteiger partial charge >= 0.3 is 0 Å². The molecule has 1 N–H and O–H groups in total. The van der Waals surface area contributed by atoms with E-state index in [1.165, 1.54) is 12.8 Å². The van der Waals surface area contributed by atoms with E-state index in [0.717, 1.165) is 13.1 Å². The van der Waals surface area contributed by atoms with Crippen molar-refractivity contribution in [1.29, 1.82) is 0 Å². The first kappa shape index (κ1) is 16.6. The van der Waals surface area contributed by atoms with Crippen molar-refractivity contribution < 1.29 is 14.6 Å². The van der Waals surface area contributed by atoms with Crippen LogP contribution in [0.5, 0.6) is 5.75 Å². The first-order chi connectivity index (χ1) is 11.1.